The first kappa shape index (κ1) is 10.9. The highest BCUT2D eigenvalue weighted by atomic mass is 16.2. The number of nitrogens with two attached hydrogens (primary N) is 1. The van der Waals surface area contributed by atoms with Gasteiger partial charge in [0.05, 0.1) is 0 Å². The Labute approximate surface area is 93.3 Å². The van der Waals surface area contributed by atoms with Crippen LogP contribution in [-0.4, -0.2) is 34.9 Å². The van der Waals surface area contributed by atoms with Gasteiger partial charge in [-0.15, -0.1) is 0 Å². The van der Waals surface area contributed by atoms with E-state index in [9.17, 15) is 9.59 Å². The summed E-state index contributed by atoms with van der Waals surface area (Å²) in [7, 11) is 0. The van der Waals surface area contributed by atoms with Crippen LogP contribution in [0.2, 0.25) is 0 Å². The number of carbonyl (C=O) groups is 1. The van der Waals surface area contributed by atoms with Crippen LogP contribution in [0.4, 0.5) is 0 Å². The maximum absolute atomic E-state index is 12.1. The van der Waals surface area contributed by atoms with E-state index in [-0.39, 0.29) is 11.5 Å². The largest absolute Gasteiger partial charge is 0.334 e. The summed E-state index contributed by atoms with van der Waals surface area (Å²) in [5.74, 6) is -0.0981. The van der Waals surface area contributed by atoms with Crippen LogP contribution in [0, 0.1) is 0 Å². The Balaban J connectivity index is 2.18. The van der Waals surface area contributed by atoms with Gasteiger partial charge in [-0.3, -0.25) is 9.59 Å². The van der Waals surface area contributed by atoms with E-state index < -0.39 is 0 Å². The third-order valence-electron chi connectivity index (χ3n) is 2.64. The predicted molar refractivity (Wildman–Crippen MR) is 60.2 cm³/mol. The Kier molecular flexibility index (Phi) is 3.05. The molecule has 1 aliphatic carbocycles. The van der Waals surface area contributed by atoms with Crippen molar-refractivity contribution in [3.8, 4) is 0 Å². The number of nitrogens with zero attached hydrogens (tertiary/aromatic N) is 1. The van der Waals surface area contributed by atoms with Crippen molar-refractivity contribution < 1.29 is 4.79 Å². The van der Waals surface area contributed by atoms with E-state index in [0.29, 0.717) is 24.7 Å². The van der Waals surface area contributed by atoms with Crippen LogP contribution in [0.5, 0.6) is 0 Å². The maximum atomic E-state index is 12.1. The van der Waals surface area contributed by atoms with Crippen molar-refractivity contribution in [1.29, 1.82) is 0 Å². The first-order chi connectivity index (χ1) is 7.72. The highest BCUT2D eigenvalue weighted by Crippen LogP contribution is 2.27. The van der Waals surface area contributed by atoms with Gasteiger partial charge in [0, 0.05) is 37.0 Å². The standard InChI is InChI=1S/C11H15N3O2/c12-4-6-14(9-1-2-9)11(16)8-3-5-13-10(15)7-8/h3,5,7,9H,1-2,4,6,12H2,(H,13,15). The van der Waals surface area contributed by atoms with Gasteiger partial charge < -0.3 is 15.6 Å². The van der Waals surface area contributed by atoms with Crippen molar-refractivity contribution in [3.05, 3.63) is 34.2 Å². The van der Waals surface area contributed by atoms with E-state index in [1.807, 2.05) is 0 Å². The van der Waals surface area contributed by atoms with Gasteiger partial charge >= 0.3 is 0 Å². The Morgan fingerprint density at radius 2 is 2.31 bits per heavy atom. The summed E-state index contributed by atoms with van der Waals surface area (Å²) in [5, 5.41) is 0. The van der Waals surface area contributed by atoms with Crippen molar-refractivity contribution >= 4 is 5.91 Å². The zero-order valence-electron chi connectivity index (χ0n) is 8.98. The van der Waals surface area contributed by atoms with E-state index >= 15 is 0 Å². The highest BCUT2D eigenvalue weighted by Gasteiger charge is 2.32. The van der Waals surface area contributed by atoms with Crippen LogP contribution in [0.25, 0.3) is 0 Å². The second-order valence-corrected chi connectivity index (χ2v) is 3.96. The zero-order chi connectivity index (χ0) is 11.5. The van der Waals surface area contributed by atoms with Gasteiger partial charge in [-0.05, 0) is 18.9 Å². The summed E-state index contributed by atoms with van der Waals surface area (Å²) in [6.45, 7) is 1.00. The van der Waals surface area contributed by atoms with E-state index in [0.717, 1.165) is 12.8 Å². The minimum absolute atomic E-state index is 0.0981. The molecule has 16 heavy (non-hydrogen) atoms. The first-order valence-corrected chi connectivity index (χ1v) is 5.42. The van der Waals surface area contributed by atoms with Crippen LogP contribution in [0.1, 0.15) is 23.2 Å². The van der Waals surface area contributed by atoms with Crippen LogP contribution < -0.4 is 11.3 Å². The maximum Gasteiger partial charge on any atom is 0.254 e. The third-order valence-corrected chi connectivity index (χ3v) is 2.64. The number of aromatic nitrogens is 1. The van der Waals surface area contributed by atoms with Crippen molar-refractivity contribution in [1.82, 2.24) is 9.88 Å². The Hall–Kier alpha value is -1.62. The number of nitrogens with one attached hydrogen (secondary N) is 1. The Bertz CT molecular complexity index is 437. The molecule has 0 aliphatic heterocycles. The number of pyridine rings is 1. The third kappa shape index (κ3) is 2.30. The molecule has 0 unspecified atom stereocenters. The first-order valence-electron chi connectivity index (χ1n) is 5.42. The van der Waals surface area contributed by atoms with Gasteiger partial charge in [-0.1, -0.05) is 0 Å². The molecular formula is C11H15N3O2. The normalized spacial score (nSPS) is 14.8. The molecule has 0 spiro atoms. The number of aromatic amines is 1. The van der Waals surface area contributed by atoms with E-state index in [1.54, 1.807) is 11.0 Å². The SMILES string of the molecule is NCCN(C(=O)c1cc[nH]c(=O)c1)C1CC1. The van der Waals surface area contributed by atoms with Crippen LogP contribution >= 0.6 is 0 Å². The van der Waals surface area contributed by atoms with Gasteiger partial charge in [-0.2, -0.15) is 0 Å². The molecule has 1 aromatic heterocycles. The summed E-state index contributed by atoms with van der Waals surface area (Å²) in [6, 6.07) is 3.26. The summed E-state index contributed by atoms with van der Waals surface area (Å²) in [4.78, 5) is 27.4. The zero-order valence-corrected chi connectivity index (χ0v) is 8.98. The van der Waals surface area contributed by atoms with Crippen LogP contribution in [-0.2, 0) is 0 Å². The lowest BCUT2D eigenvalue weighted by atomic mass is 10.2. The summed E-state index contributed by atoms with van der Waals surface area (Å²) >= 11 is 0. The molecular weight excluding hydrogens is 206 g/mol. The van der Waals surface area contributed by atoms with Crippen molar-refractivity contribution in [2.75, 3.05) is 13.1 Å². The number of hydrogen-bond acceptors (Lipinski definition) is 3. The van der Waals surface area contributed by atoms with Gasteiger partial charge in [0.15, 0.2) is 0 Å². The molecule has 0 aromatic carbocycles. The van der Waals surface area contributed by atoms with Crippen LogP contribution in [0.3, 0.4) is 0 Å². The fraction of sp³-hybridized carbons (Fsp3) is 0.455. The molecule has 0 radical (unpaired) electrons. The van der Waals surface area contributed by atoms with Gasteiger partial charge in [0.25, 0.3) is 5.91 Å². The van der Waals surface area contributed by atoms with E-state index in [2.05, 4.69) is 4.98 Å². The number of amides is 1. The summed E-state index contributed by atoms with van der Waals surface area (Å²) in [6.07, 6.45) is 3.56. The monoisotopic (exact) mass is 221 g/mol. The minimum atomic E-state index is -0.255. The molecule has 1 aromatic rings. The molecule has 2 rings (SSSR count). The van der Waals surface area contributed by atoms with Crippen molar-refractivity contribution in [2.24, 2.45) is 5.73 Å². The summed E-state index contributed by atoms with van der Waals surface area (Å²) in [5.41, 5.74) is 5.66. The highest BCUT2D eigenvalue weighted by molar-refractivity contribution is 5.94. The van der Waals surface area contributed by atoms with E-state index in [1.165, 1.54) is 12.3 Å². The molecule has 1 saturated carbocycles. The molecule has 86 valence electrons. The fourth-order valence-corrected chi connectivity index (χ4v) is 1.72. The molecule has 5 heteroatoms. The van der Waals surface area contributed by atoms with Gasteiger partial charge in [0.2, 0.25) is 5.56 Å². The molecule has 0 bridgehead atoms. The quantitative estimate of drug-likeness (QED) is 0.747. The summed E-state index contributed by atoms with van der Waals surface area (Å²) < 4.78 is 0. The predicted octanol–water partition coefficient (Wildman–Crippen LogP) is -0.0618. The molecule has 1 amide bonds. The molecule has 1 heterocycles. The number of carbonyl (C=O) groups excluding carboxylic acids is 1. The second-order valence-electron chi connectivity index (χ2n) is 3.96. The topological polar surface area (TPSA) is 79.2 Å². The molecule has 1 aliphatic rings. The van der Waals surface area contributed by atoms with Gasteiger partial charge in [-0.25, -0.2) is 0 Å². The van der Waals surface area contributed by atoms with E-state index in [4.69, 9.17) is 5.73 Å². The minimum Gasteiger partial charge on any atom is -0.334 e. The Morgan fingerprint density at radius 1 is 1.56 bits per heavy atom. The number of H-pyrrole nitrogens is 1. The smallest absolute Gasteiger partial charge is 0.254 e. The number of hydrogen-bond donors (Lipinski definition) is 2. The fourth-order valence-electron chi connectivity index (χ4n) is 1.72. The molecule has 0 atom stereocenters. The number of rotatable bonds is 4. The van der Waals surface area contributed by atoms with Crippen molar-refractivity contribution in [2.45, 2.75) is 18.9 Å². The molecule has 3 N–H and O–H groups in total. The van der Waals surface area contributed by atoms with Crippen LogP contribution in [0.15, 0.2) is 23.1 Å². The average Bonchev–Trinajstić information content (AvgIpc) is 3.09. The molecule has 5 nitrogen and oxygen atoms in total. The lowest BCUT2D eigenvalue weighted by molar-refractivity contribution is 0.0748. The molecule has 0 saturated heterocycles. The Morgan fingerprint density at radius 3 is 2.88 bits per heavy atom. The van der Waals surface area contributed by atoms with Crippen molar-refractivity contribution in [3.63, 3.8) is 0 Å². The lowest BCUT2D eigenvalue weighted by Crippen LogP contribution is -2.37. The lowest BCUT2D eigenvalue weighted by Gasteiger charge is -2.21. The van der Waals surface area contributed by atoms with Gasteiger partial charge in [0.1, 0.15) is 0 Å². The molecule has 1 fully saturated rings. The second kappa shape index (κ2) is 4.49. The average molecular weight is 221 g/mol.